The summed E-state index contributed by atoms with van der Waals surface area (Å²) in [5.41, 5.74) is 0. The molecule has 3 nitrogen and oxygen atoms in total. The predicted octanol–water partition coefficient (Wildman–Crippen LogP) is 4.18. The molecule has 1 aliphatic heterocycles. The Morgan fingerprint density at radius 2 is 1.05 bits per heavy atom. The lowest BCUT2D eigenvalue weighted by Gasteiger charge is -2.04. The van der Waals surface area contributed by atoms with Gasteiger partial charge in [-0.2, -0.15) is 0 Å². The quantitative estimate of drug-likeness (QED) is 0.619. The summed E-state index contributed by atoms with van der Waals surface area (Å²) in [4.78, 5) is 23.0. The first kappa shape index (κ1) is 16.2. The second-order valence-corrected chi connectivity index (χ2v) is 5.54. The summed E-state index contributed by atoms with van der Waals surface area (Å²) < 4.78 is 5.08. The SMILES string of the molecule is O=C1CCCCCCCCCCCCC(=O)OCC1. The van der Waals surface area contributed by atoms with Crippen LogP contribution >= 0.6 is 0 Å². The molecule has 0 aromatic rings. The molecule has 0 saturated carbocycles. The summed E-state index contributed by atoms with van der Waals surface area (Å²) in [6.07, 6.45) is 13.4. The molecule has 0 unspecified atom stereocenters. The van der Waals surface area contributed by atoms with Gasteiger partial charge >= 0.3 is 5.97 Å². The van der Waals surface area contributed by atoms with Crippen LogP contribution in [0.5, 0.6) is 0 Å². The zero-order valence-corrected chi connectivity index (χ0v) is 12.1. The lowest BCUT2D eigenvalue weighted by atomic mass is 10.0. The first-order chi connectivity index (χ1) is 9.29. The van der Waals surface area contributed by atoms with Crippen molar-refractivity contribution in [2.45, 2.75) is 83.5 Å². The van der Waals surface area contributed by atoms with Gasteiger partial charge in [-0.05, 0) is 12.8 Å². The van der Waals surface area contributed by atoms with E-state index in [1.807, 2.05) is 0 Å². The molecule has 1 heterocycles. The average Bonchev–Trinajstić information content (AvgIpc) is 2.39. The monoisotopic (exact) mass is 268 g/mol. The number of carbonyl (C=O) groups is 2. The van der Waals surface area contributed by atoms with Crippen LogP contribution in [0.1, 0.15) is 83.5 Å². The predicted molar refractivity (Wildman–Crippen MR) is 76.0 cm³/mol. The van der Waals surface area contributed by atoms with E-state index in [0.29, 0.717) is 19.3 Å². The van der Waals surface area contributed by atoms with Gasteiger partial charge in [0.2, 0.25) is 0 Å². The summed E-state index contributed by atoms with van der Waals surface area (Å²) in [6, 6.07) is 0. The van der Waals surface area contributed by atoms with Crippen LogP contribution in [0.25, 0.3) is 0 Å². The van der Waals surface area contributed by atoms with Crippen LogP contribution in [0, 0.1) is 0 Å². The topological polar surface area (TPSA) is 43.4 Å². The second-order valence-electron chi connectivity index (χ2n) is 5.54. The van der Waals surface area contributed by atoms with Crippen molar-refractivity contribution >= 4 is 11.8 Å². The van der Waals surface area contributed by atoms with Gasteiger partial charge in [-0.3, -0.25) is 9.59 Å². The number of ketones is 1. The maximum absolute atomic E-state index is 11.5. The Kier molecular flexibility index (Phi) is 9.38. The van der Waals surface area contributed by atoms with E-state index in [4.69, 9.17) is 4.74 Å². The highest BCUT2D eigenvalue weighted by molar-refractivity contribution is 5.78. The summed E-state index contributed by atoms with van der Waals surface area (Å²) in [6.45, 7) is 0.275. The number of esters is 1. The largest absolute Gasteiger partial charge is 0.465 e. The standard InChI is InChI=1S/C16H28O3/c17-15-11-9-7-5-3-1-2-4-6-8-10-12-16(18)19-14-13-15/h1-14H2. The highest BCUT2D eigenvalue weighted by Gasteiger charge is 2.06. The van der Waals surface area contributed by atoms with Crippen molar-refractivity contribution in [3.8, 4) is 0 Å². The Balaban J connectivity index is 2.22. The molecule has 0 radical (unpaired) electrons. The molecule has 0 amide bonds. The van der Waals surface area contributed by atoms with Gasteiger partial charge in [0.15, 0.2) is 0 Å². The average molecular weight is 268 g/mol. The summed E-state index contributed by atoms with van der Waals surface area (Å²) >= 11 is 0. The van der Waals surface area contributed by atoms with Crippen LogP contribution in [0.15, 0.2) is 0 Å². The Labute approximate surface area is 117 Å². The molecule has 0 N–H and O–H groups in total. The summed E-state index contributed by atoms with van der Waals surface area (Å²) in [7, 11) is 0. The van der Waals surface area contributed by atoms with Crippen LogP contribution in [0.3, 0.4) is 0 Å². The van der Waals surface area contributed by atoms with Gasteiger partial charge in [-0.25, -0.2) is 0 Å². The zero-order chi connectivity index (χ0) is 13.8. The van der Waals surface area contributed by atoms with Gasteiger partial charge in [0, 0.05) is 19.3 Å². The lowest BCUT2D eigenvalue weighted by Crippen LogP contribution is -2.09. The fourth-order valence-electron chi connectivity index (χ4n) is 2.48. The molecular formula is C16H28O3. The minimum Gasteiger partial charge on any atom is -0.465 e. The molecule has 0 atom stereocenters. The van der Waals surface area contributed by atoms with Gasteiger partial charge < -0.3 is 4.74 Å². The van der Waals surface area contributed by atoms with E-state index in [2.05, 4.69) is 0 Å². The van der Waals surface area contributed by atoms with Crippen molar-refractivity contribution in [2.75, 3.05) is 6.61 Å². The van der Waals surface area contributed by atoms with Crippen LogP contribution in [-0.2, 0) is 14.3 Å². The van der Waals surface area contributed by atoms with Crippen LogP contribution < -0.4 is 0 Å². The van der Waals surface area contributed by atoms with Gasteiger partial charge in [-0.1, -0.05) is 51.4 Å². The molecule has 0 aromatic heterocycles. The third kappa shape index (κ3) is 9.69. The third-order valence-corrected chi connectivity index (χ3v) is 3.73. The molecule has 0 aromatic carbocycles. The maximum atomic E-state index is 11.5. The number of cyclic esters (lactones) is 1. The normalized spacial score (nSPS) is 22.5. The van der Waals surface area contributed by atoms with Crippen LogP contribution in [0.2, 0.25) is 0 Å². The van der Waals surface area contributed by atoms with Crippen LogP contribution in [-0.4, -0.2) is 18.4 Å². The van der Waals surface area contributed by atoms with Crippen molar-refractivity contribution in [3.05, 3.63) is 0 Å². The maximum Gasteiger partial charge on any atom is 0.305 e. The highest BCUT2D eigenvalue weighted by Crippen LogP contribution is 2.13. The van der Waals surface area contributed by atoms with E-state index in [0.717, 1.165) is 25.7 Å². The number of hydrogen-bond acceptors (Lipinski definition) is 3. The molecule has 110 valence electrons. The van der Waals surface area contributed by atoms with E-state index in [1.165, 1.54) is 38.5 Å². The fourth-order valence-corrected chi connectivity index (χ4v) is 2.48. The van der Waals surface area contributed by atoms with Crippen molar-refractivity contribution in [3.63, 3.8) is 0 Å². The van der Waals surface area contributed by atoms with Crippen molar-refractivity contribution < 1.29 is 14.3 Å². The molecule has 1 rings (SSSR count). The fraction of sp³-hybridized carbons (Fsp3) is 0.875. The smallest absolute Gasteiger partial charge is 0.305 e. The van der Waals surface area contributed by atoms with E-state index >= 15 is 0 Å². The molecular weight excluding hydrogens is 240 g/mol. The van der Waals surface area contributed by atoms with E-state index in [-0.39, 0.29) is 18.4 Å². The Morgan fingerprint density at radius 1 is 0.579 bits per heavy atom. The molecule has 1 aliphatic rings. The second kappa shape index (κ2) is 11.0. The Bertz CT molecular complexity index is 235. The van der Waals surface area contributed by atoms with Gasteiger partial charge in [0.05, 0.1) is 6.61 Å². The van der Waals surface area contributed by atoms with Crippen LogP contribution in [0.4, 0.5) is 0 Å². The number of ether oxygens (including phenoxy) is 1. The van der Waals surface area contributed by atoms with Gasteiger partial charge in [-0.15, -0.1) is 0 Å². The minimum absolute atomic E-state index is 0.142. The van der Waals surface area contributed by atoms with Gasteiger partial charge in [0.1, 0.15) is 5.78 Å². The van der Waals surface area contributed by atoms with Crippen molar-refractivity contribution in [2.24, 2.45) is 0 Å². The molecule has 3 heteroatoms. The van der Waals surface area contributed by atoms with E-state index in [1.54, 1.807) is 0 Å². The highest BCUT2D eigenvalue weighted by atomic mass is 16.5. The summed E-state index contributed by atoms with van der Waals surface area (Å²) in [5.74, 6) is 0.0919. The molecule has 1 fully saturated rings. The number of rotatable bonds is 0. The van der Waals surface area contributed by atoms with Crippen molar-refractivity contribution in [1.82, 2.24) is 0 Å². The Hall–Kier alpha value is -0.860. The molecule has 0 spiro atoms. The Morgan fingerprint density at radius 3 is 1.63 bits per heavy atom. The first-order valence-electron chi connectivity index (χ1n) is 7.96. The van der Waals surface area contributed by atoms with E-state index in [9.17, 15) is 9.59 Å². The lowest BCUT2D eigenvalue weighted by molar-refractivity contribution is -0.144. The van der Waals surface area contributed by atoms with E-state index < -0.39 is 0 Å². The first-order valence-corrected chi connectivity index (χ1v) is 7.96. The number of hydrogen-bond donors (Lipinski definition) is 0. The molecule has 19 heavy (non-hydrogen) atoms. The number of Topliss-reactive ketones (excluding diaryl/α,β-unsaturated/α-hetero) is 1. The molecule has 0 bridgehead atoms. The minimum atomic E-state index is -0.142. The zero-order valence-electron chi connectivity index (χ0n) is 12.1. The van der Waals surface area contributed by atoms with Crippen molar-refractivity contribution in [1.29, 1.82) is 0 Å². The molecule has 0 aliphatic carbocycles. The summed E-state index contributed by atoms with van der Waals surface area (Å²) in [5, 5.41) is 0. The van der Waals surface area contributed by atoms with Gasteiger partial charge in [0.25, 0.3) is 0 Å². The molecule has 1 saturated heterocycles. The number of carbonyl (C=O) groups excluding carboxylic acids is 2. The third-order valence-electron chi connectivity index (χ3n) is 3.73.